The number of hydrogen-bond donors (Lipinski definition) is 2. The van der Waals surface area contributed by atoms with E-state index in [1.807, 2.05) is 60.0 Å². The third-order valence-electron chi connectivity index (χ3n) is 6.44. The zero-order valence-corrected chi connectivity index (χ0v) is 22.2. The molecule has 12 nitrogen and oxygen atoms in total. The number of rotatable bonds is 10. The molecule has 40 heavy (non-hydrogen) atoms. The molecular formula is C28H28N6O6. The minimum atomic E-state index is -0.990. The van der Waals surface area contributed by atoms with Crippen molar-refractivity contribution in [2.45, 2.75) is 52.9 Å². The van der Waals surface area contributed by atoms with E-state index in [1.165, 1.54) is 0 Å². The summed E-state index contributed by atoms with van der Waals surface area (Å²) in [6.45, 7) is 5.23. The molecule has 2 N–H and O–H groups in total. The van der Waals surface area contributed by atoms with Crippen molar-refractivity contribution in [3.05, 3.63) is 93.4 Å². The number of aliphatic hydroxyl groups excluding tert-OH is 1. The average Bonchev–Trinajstić information content (AvgIpc) is 3.68. The van der Waals surface area contributed by atoms with Crippen molar-refractivity contribution < 1.29 is 23.5 Å². The number of aromatic amines is 1. The van der Waals surface area contributed by atoms with Gasteiger partial charge in [0.1, 0.15) is 5.82 Å². The molecule has 206 valence electrons. The predicted molar refractivity (Wildman–Crippen MR) is 142 cm³/mol. The molecule has 0 fully saturated rings. The Balaban J connectivity index is 1.42. The minimum Gasteiger partial charge on any atom is -0.453 e. The normalized spacial score (nSPS) is 12.0. The molecule has 0 aliphatic heterocycles. The molecule has 0 radical (unpaired) electrons. The Morgan fingerprint density at radius 3 is 2.50 bits per heavy atom. The number of ether oxygens (including phenoxy) is 1. The molecular weight excluding hydrogens is 516 g/mol. The van der Waals surface area contributed by atoms with E-state index in [9.17, 15) is 14.7 Å². The van der Waals surface area contributed by atoms with Gasteiger partial charge in [0.05, 0.1) is 11.8 Å². The second-order valence-corrected chi connectivity index (χ2v) is 9.26. The van der Waals surface area contributed by atoms with Crippen LogP contribution in [0.2, 0.25) is 0 Å². The first-order valence-electron chi connectivity index (χ1n) is 12.8. The van der Waals surface area contributed by atoms with Crippen molar-refractivity contribution in [1.82, 2.24) is 30.2 Å². The van der Waals surface area contributed by atoms with Crippen molar-refractivity contribution in [2.24, 2.45) is 0 Å². The van der Waals surface area contributed by atoms with Gasteiger partial charge in [-0.1, -0.05) is 55.5 Å². The van der Waals surface area contributed by atoms with Crippen LogP contribution < -0.4 is 5.82 Å². The summed E-state index contributed by atoms with van der Waals surface area (Å²) in [6, 6.07) is 15.8. The van der Waals surface area contributed by atoms with Gasteiger partial charge in [-0.3, -0.25) is 0 Å². The molecule has 0 saturated carbocycles. The highest BCUT2D eigenvalue weighted by molar-refractivity contribution is 5.89. The van der Waals surface area contributed by atoms with E-state index in [-0.39, 0.29) is 23.8 Å². The molecule has 0 spiro atoms. The van der Waals surface area contributed by atoms with Gasteiger partial charge in [0.2, 0.25) is 5.82 Å². The van der Waals surface area contributed by atoms with Gasteiger partial charge in [-0.05, 0) is 42.2 Å². The quantitative estimate of drug-likeness (QED) is 0.246. The van der Waals surface area contributed by atoms with Crippen molar-refractivity contribution in [1.29, 1.82) is 0 Å². The first kappa shape index (κ1) is 26.8. The number of hydrogen-bond acceptors (Lipinski definition) is 10. The summed E-state index contributed by atoms with van der Waals surface area (Å²) in [5, 5.41) is 25.1. The summed E-state index contributed by atoms with van der Waals surface area (Å²) < 4.78 is 16.9. The maximum Gasteiger partial charge on any atom is 0.519 e. The lowest BCUT2D eigenvalue weighted by atomic mass is 9.98. The Bertz CT molecular complexity index is 1660. The van der Waals surface area contributed by atoms with Gasteiger partial charge in [0, 0.05) is 18.5 Å². The van der Waals surface area contributed by atoms with Gasteiger partial charge >= 0.3 is 11.8 Å². The Morgan fingerprint density at radius 1 is 1.12 bits per heavy atom. The Kier molecular flexibility index (Phi) is 7.69. The Hall–Kier alpha value is -4.84. The van der Waals surface area contributed by atoms with E-state index in [1.54, 1.807) is 13.8 Å². The standard InChI is InChI=1S/C28H28N6O6/c1-4-7-23-29-24(27(36)38-15-22-17(3)39-28(37)40-22)25(16(2)35)34(23)14-18-10-12-19(13-11-18)20-8-5-6-9-21(20)26-30-32-33-31-26/h5-6,8-13,16,35H,4,7,14-15H2,1-3H3,(H,30,31,32,33). The van der Waals surface area contributed by atoms with Crippen LogP contribution in [0.4, 0.5) is 0 Å². The molecule has 0 aliphatic rings. The van der Waals surface area contributed by atoms with Crippen LogP contribution in [0.1, 0.15) is 65.5 Å². The van der Waals surface area contributed by atoms with E-state index in [0.717, 1.165) is 28.7 Å². The van der Waals surface area contributed by atoms with Crippen LogP contribution in [0, 0.1) is 6.92 Å². The van der Waals surface area contributed by atoms with Crippen LogP contribution in [-0.4, -0.2) is 41.3 Å². The number of carbonyl (C=O) groups is 1. The lowest BCUT2D eigenvalue weighted by molar-refractivity contribution is 0.0429. The van der Waals surface area contributed by atoms with Crippen LogP contribution in [-0.2, 0) is 24.3 Å². The van der Waals surface area contributed by atoms with E-state index >= 15 is 0 Å². The summed E-state index contributed by atoms with van der Waals surface area (Å²) >= 11 is 0. The average molecular weight is 545 g/mol. The summed E-state index contributed by atoms with van der Waals surface area (Å²) in [7, 11) is 0. The zero-order valence-electron chi connectivity index (χ0n) is 22.2. The van der Waals surface area contributed by atoms with Crippen molar-refractivity contribution in [3.63, 3.8) is 0 Å². The van der Waals surface area contributed by atoms with Gasteiger partial charge in [0.15, 0.2) is 23.8 Å². The summed E-state index contributed by atoms with van der Waals surface area (Å²) in [5.41, 5.74) is 4.12. The predicted octanol–water partition coefficient (Wildman–Crippen LogP) is 4.00. The van der Waals surface area contributed by atoms with E-state index in [0.29, 0.717) is 30.3 Å². The molecule has 1 atom stereocenters. The van der Waals surface area contributed by atoms with Crippen LogP contribution >= 0.6 is 0 Å². The number of imidazole rings is 1. The fraction of sp³-hybridized carbons (Fsp3) is 0.286. The van der Waals surface area contributed by atoms with Gasteiger partial charge in [0.25, 0.3) is 0 Å². The fourth-order valence-corrected chi connectivity index (χ4v) is 4.56. The Morgan fingerprint density at radius 2 is 1.88 bits per heavy atom. The highest BCUT2D eigenvalue weighted by Gasteiger charge is 2.27. The van der Waals surface area contributed by atoms with Crippen LogP contribution in [0.3, 0.4) is 0 Å². The highest BCUT2D eigenvalue weighted by Crippen LogP contribution is 2.30. The largest absolute Gasteiger partial charge is 0.519 e. The first-order chi connectivity index (χ1) is 19.4. The number of carbonyl (C=O) groups excluding carboxylic acids is 1. The van der Waals surface area contributed by atoms with Crippen LogP contribution in [0.5, 0.6) is 0 Å². The van der Waals surface area contributed by atoms with Crippen molar-refractivity contribution >= 4 is 5.97 Å². The SMILES string of the molecule is CCCc1nc(C(=O)OCc2oc(=O)oc2C)c(C(C)O)n1Cc1ccc(-c2ccccc2-c2nn[nH]n2)cc1. The van der Waals surface area contributed by atoms with Gasteiger partial charge in [-0.25, -0.2) is 14.6 Å². The summed E-state index contributed by atoms with van der Waals surface area (Å²) in [6.07, 6.45) is 0.393. The lowest BCUT2D eigenvalue weighted by Gasteiger charge is -2.15. The summed E-state index contributed by atoms with van der Waals surface area (Å²) in [5.74, 6) is -0.0905. The minimum absolute atomic E-state index is 0.0209. The third kappa shape index (κ3) is 5.47. The monoisotopic (exact) mass is 544 g/mol. The number of aromatic nitrogens is 6. The smallest absolute Gasteiger partial charge is 0.453 e. The molecule has 2 aromatic carbocycles. The van der Waals surface area contributed by atoms with Crippen LogP contribution in [0.15, 0.2) is 62.2 Å². The number of tetrazole rings is 1. The molecule has 5 aromatic rings. The molecule has 0 bridgehead atoms. The van der Waals surface area contributed by atoms with Crippen molar-refractivity contribution in [3.8, 4) is 22.5 Å². The molecule has 12 heteroatoms. The number of benzene rings is 2. The second-order valence-electron chi connectivity index (χ2n) is 9.26. The molecule has 0 amide bonds. The summed E-state index contributed by atoms with van der Waals surface area (Å²) in [4.78, 5) is 28.9. The van der Waals surface area contributed by atoms with Crippen molar-refractivity contribution in [2.75, 3.05) is 0 Å². The molecule has 0 aliphatic carbocycles. The van der Waals surface area contributed by atoms with E-state index in [2.05, 4.69) is 25.6 Å². The van der Waals surface area contributed by atoms with Gasteiger partial charge in [-0.2, -0.15) is 5.21 Å². The second kappa shape index (κ2) is 11.5. The molecule has 1 unspecified atom stereocenters. The van der Waals surface area contributed by atoms with Gasteiger partial charge < -0.3 is 23.2 Å². The maximum absolute atomic E-state index is 13.0. The number of H-pyrrole nitrogens is 1. The lowest BCUT2D eigenvalue weighted by Crippen LogP contribution is -2.14. The molecule has 3 heterocycles. The molecule has 0 saturated heterocycles. The maximum atomic E-state index is 13.0. The van der Waals surface area contributed by atoms with E-state index < -0.39 is 17.9 Å². The molecule has 3 aromatic heterocycles. The fourth-order valence-electron chi connectivity index (χ4n) is 4.56. The number of nitrogens with zero attached hydrogens (tertiary/aromatic N) is 5. The zero-order chi connectivity index (χ0) is 28.2. The number of aliphatic hydroxyl groups is 1. The van der Waals surface area contributed by atoms with Gasteiger partial charge in [-0.15, -0.1) is 10.2 Å². The van der Waals surface area contributed by atoms with Crippen LogP contribution in [0.25, 0.3) is 22.5 Å². The Labute approximate surface area is 228 Å². The van der Waals surface area contributed by atoms with E-state index in [4.69, 9.17) is 13.6 Å². The topological polar surface area (TPSA) is 162 Å². The number of nitrogens with one attached hydrogen (secondary N) is 1. The highest BCUT2D eigenvalue weighted by atomic mass is 16.6. The first-order valence-corrected chi connectivity index (χ1v) is 12.8. The third-order valence-corrected chi connectivity index (χ3v) is 6.44. The number of aryl methyl sites for hydroxylation is 2. The number of esters is 1. The molecule has 5 rings (SSSR count).